The van der Waals surface area contributed by atoms with Crippen molar-refractivity contribution in [1.29, 1.82) is 0 Å². The molecular weight excluding hydrogens is 176 g/mol. The molecule has 1 aromatic rings. The summed E-state index contributed by atoms with van der Waals surface area (Å²) in [5.41, 5.74) is 0. The minimum atomic E-state index is 0.103. The summed E-state index contributed by atoms with van der Waals surface area (Å²) in [5.74, 6) is 0.103. The fourth-order valence-corrected chi connectivity index (χ4v) is 1.41. The first-order chi connectivity index (χ1) is 6.84. The van der Waals surface area contributed by atoms with Gasteiger partial charge in [-0.2, -0.15) is 5.10 Å². The zero-order chi connectivity index (χ0) is 10.2. The van der Waals surface area contributed by atoms with Gasteiger partial charge < -0.3 is 0 Å². The number of carbonyl (C=O) groups excluding carboxylic acids is 1. The van der Waals surface area contributed by atoms with E-state index in [9.17, 15) is 4.79 Å². The largest absolute Gasteiger partial charge is 0.273 e. The average Bonchev–Trinajstić information content (AvgIpc) is 2.70. The molecule has 1 aromatic heterocycles. The van der Waals surface area contributed by atoms with Gasteiger partial charge in [0.2, 0.25) is 5.91 Å². The highest BCUT2D eigenvalue weighted by atomic mass is 16.2. The van der Waals surface area contributed by atoms with Gasteiger partial charge in [-0.3, -0.25) is 4.79 Å². The van der Waals surface area contributed by atoms with E-state index in [1.165, 1.54) is 23.9 Å². The summed E-state index contributed by atoms with van der Waals surface area (Å²) >= 11 is 0. The van der Waals surface area contributed by atoms with Crippen molar-refractivity contribution < 1.29 is 4.79 Å². The minimum absolute atomic E-state index is 0.103. The molecule has 3 heteroatoms. The van der Waals surface area contributed by atoms with Crippen molar-refractivity contribution in [1.82, 2.24) is 9.78 Å². The highest BCUT2D eigenvalue weighted by Gasteiger charge is 2.03. The molecule has 0 radical (unpaired) electrons. The van der Waals surface area contributed by atoms with Gasteiger partial charge in [0.25, 0.3) is 0 Å². The van der Waals surface area contributed by atoms with Gasteiger partial charge in [0.15, 0.2) is 0 Å². The average molecular weight is 194 g/mol. The van der Waals surface area contributed by atoms with Crippen LogP contribution >= 0.6 is 0 Å². The monoisotopic (exact) mass is 194 g/mol. The Labute approximate surface area is 85.1 Å². The Morgan fingerprint density at radius 2 is 2.07 bits per heavy atom. The molecule has 0 aromatic carbocycles. The van der Waals surface area contributed by atoms with Crippen LogP contribution in [-0.4, -0.2) is 15.7 Å². The van der Waals surface area contributed by atoms with Crippen molar-refractivity contribution in [3.05, 3.63) is 18.5 Å². The van der Waals surface area contributed by atoms with Crippen LogP contribution in [0.3, 0.4) is 0 Å². The molecule has 1 rings (SSSR count). The van der Waals surface area contributed by atoms with Gasteiger partial charge in [-0.05, 0) is 12.5 Å². The van der Waals surface area contributed by atoms with Crippen LogP contribution in [0.15, 0.2) is 18.5 Å². The van der Waals surface area contributed by atoms with Crippen LogP contribution in [-0.2, 0) is 0 Å². The molecule has 0 spiro atoms. The first-order valence-corrected chi connectivity index (χ1v) is 5.37. The predicted octanol–water partition coefficient (Wildman–Crippen LogP) is 2.88. The van der Waals surface area contributed by atoms with Crippen LogP contribution < -0.4 is 0 Å². The molecule has 1 heterocycles. The summed E-state index contributed by atoms with van der Waals surface area (Å²) in [7, 11) is 0. The minimum Gasteiger partial charge on any atom is -0.273 e. The summed E-state index contributed by atoms with van der Waals surface area (Å²) in [5, 5.41) is 3.90. The van der Waals surface area contributed by atoms with E-state index in [4.69, 9.17) is 0 Å². The van der Waals surface area contributed by atoms with E-state index in [1.807, 2.05) is 0 Å². The maximum Gasteiger partial charge on any atom is 0.246 e. The van der Waals surface area contributed by atoms with Gasteiger partial charge in [0, 0.05) is 18.8 Å². The molecule has 0 amide bonds. The van der Waals surface area contributed by atoms with Gasteiger partial charge in [-0.15, -0.1) is 0 Å². The Bertz CT molecular complexity index is 254. The number of carbonyl (C=O) groups is 1. The zero-order valence-electron chi connectivity index (χ0n) is 8.78. The Balaban J connectivity index is 2.10. The predicted molar refractivity (Wildman–Crippen MR) is 56.2 cm³/mol. The first-order valence-electron chi connectivity index (χ1n) is 5.37. The maximum atomic E-state index is 11.4. The molecule has 0 aliphatic rings. The van der Waals surface area contributed by atoms with Gasteiger partial charge in [0.1, 0.15) is 0 Å². The quantitative estimate of drug-likeness (QED) is 0.653. The van der Waals surface area contributed by atoms with Crippen LogP contribution in [0.25, 0.3) is 0 Å². The number of aromatic nitrogens is 2. The van der Waals surface area contributed by atoms with Crippen LogP contribution in [0.5, 0.6) is 0 Å². The van der Waals surface area contributed by atoms with Crippen molar-refractivity contribution in [2.24, 2.45) is 0 Å². The lowest BCUT2D eigenvalue weighted by Gasteiger charge is -2.00. The molecule has 0 N–H and O–H groups in total. The SMILES string of the molecule is CCCCCCCC(=O)n1cccn1. The van der Waals surface area contributed by atoms with Crippen molar-refractivity contribution in [2.45, 2.75) is 45.4 Å². The zero-order valence-corrected chi connectivity index (χ0v) is 8.78. The van der Waals surface area contributed by atoms with Crippen molar-refractivity contribution in [3.63, 3.8) is 0 Å². The van der Waals surface area contributed by atoms with Crippen LogP contribution in [0.2, 0.25) is 0 Å². The third-order valence-electron chi connectivity index (χ3n) is 2.25. The summed E-state index contributed by atoms with van der Waals surface area (Å²) < 4.78 is 1.42. The number of hydrogen-bond donors (Lipinski definition) is 0. The fraction of sp³-hybridized carbons (Fsp3) is 0.636. The van der Waals surface area contributed by atoms with Crippen molar-refractivity contribution >= 4 is 5.91 Å². The third kappa shape index (κ3) is 3.73. The fourth-order valence-electron chi connectivity index (χ4n) is 1.41. The Morgan fingerprint density at radius 1 is 1.29 bits per heavy atom. The highest BCUT2D eigenvalue weighted by molar-refractivity contribution is 5.77. The molecule has 0 aliphatic carbocycles. The van der Waals surface area contributed by atoms with Crippen LogP contribution in [0.1, 0.15) is 50.2 Å². The first kappa shape index (κ1) is 11.0. The Kier molecular flexibility index (Phi) is 4.97. The normalized spacial score (nSPS) is 10.4. The van der Waals surface area contributed by atoms with E-state index in [1.54, 1.807) is 18.5 Å². The number of rotatable bonds is 6. The van der Waals surface area contributed by atoms with E-state index in [0.717, 1.165) is 12.8 Å². The van der Waals surface area contributed by atoms with Gasteiger partial charge in [0.05, 0.1) is 0 Å². The van der Waals surface area contributed by atoms with E-state index in [2.05, 4.69) is 12.0 Å². The second kappa shape index (κ2) is 6.35. The topological polar surface area (TPSA) is 34.9 Å². The number of unbranched alkanes of at least 4 members (excludes halogenated alkanes) is 4. The molecule has 0 atom stereocenters. The smallest absolute Gasteiger partial charge is 0.246 e. The molecule has 0 fully saturated rings. The van der Waals surface area contributed by atoms with E-state index < -0.39 is 0 Å². The summed E-state index contributed by atoms with van der Waals surface area (Å²) in [4.78, 5) is 11.4. The van der Waals surface area contributed by atoms with Crippen LogP contribution in [0.4, 0.5) is 0 Å². The van der Waals surface area contributed by atoms with Gasteiger partial charge in [-0.1, -0.05) is 32.6 Å². The lowest BCUT2D eigenvalue weighted by molar-refractivity contribution is 0.0883. The Morgan fingerprint density at radius 3 is 2.71 bits per heavy atom. The molecule has 14 heavy (non-hydrogen) atoms. The standard InChI is InChI=1S/C11H18N2O/c1-2-3-4-5-6-8-11(14)13-10-7-9-12-13/h7,9-10H,2-6,8H2,1H3. The lowest BCUT2D eigenvalue weighted by Crippen LogP contribution is -2.10. The molecule has 3 nitrogen and oxygen atoms in total. The van der Waals surface area contributed by atoms with E-state index in [0.29, 0.717) is 6.42 Å². The van der Waals surface area contributed by atoms with Crippen molar-refractivity contribution in [2.75, 3.05) is 0 Å². The molecule has 0 unspecified atom stereocenters. The molecule has 0 aliphatic heterocycles. The second-order valence-electron chi connectivity index (χ2n) is 3.51. The maximum absolute atomic E-state index is 11.4. The van der Waals surface area contributed by atoms with E-state index >= 15 is 0 Å². The van der Waals surface area contributed by atoms with Crippen molar-refractivity contribution in [3.8, 4) is 0 Å². The third-order valence-corrected chi connectivity index (χ3v) is 2.25. The van der Waals surface area contributed by atoms with E-state index in [-0.39, 0.29) is 5.91 Å². The molecule has 0 bridgehead atoms. The summed E-state index contributed by atoms with van der Waals surface area (Å²) in [6, 6.07) is 1.77. The number of nitrogens with zero attached hydrogens (tertiary/aromatic N) is 2. The summed E-state index contributed by atoms with van der Waals surface area (Å²) in [6.07, 6.45) is 9.85. The van der Waals surface area contributed by atoms with Crippen LogP contribution in [0, 0.1) is 0 Å². The second-order valence-corrected chi connectivity index (χ2v) is 3.51. The highest BCUT2D eigenvalue weighted by Crippen LogP contribution is 2.05. The number of hydrogen-bond acceptors (Lipinski definition) is 2. The van der Waals surface area contributed by atoms with Gasteiger partial charge in [-0.25, -0.2) is 4.68 Å². The molecule has 0 saturated heterocycles. The molecule has 78 valence electrons. The Hall–Kier alpha value is -1.12. The summed E-state index contributed by atoms with van der Waals surface area (Å²) in [6.45, 7) is 2.19. The lowest BCUT2D eigenvalue weighted by atomic mass is 10.1. The molecular formula is C11H18N2O. The molecule has 0 saturated carbocycles. The van der Waals surface area contributed by atoms with Gasteiger partial charge >= 0.3 is 0 Å².